The quantitative estimate of drug-likeness (QED) is 0.681. The van der Waals surface area contributed by atoms with E-state index in [2.05, 4.69) is 4.98 Å². The van der Waals surface area contributed by atoms with Crippen molar-refractivity contribution in [3.05, 3.63) is 74.2 Å². The van der Waals surface area contributed by atoms with Crippen molar-refractivity contribution in [1.29, 1.82) is 0 Å². The van der Waals surface area contributed by atoms with Crippen LogP contribution in [-0.4, -0.2) is 10.8 Å². The van der Waals surface area contributed by atoms with E-state index in [0.29, 0.717) is 26.7 Å². The Morgan fingerprint density at radius 2 is 1.73 bits per heavy atom. The fraction of sp³-hybridized carbons (Fsp3) is 0.0625. The maximum atomic E-state index is 12.2. The highest BCUT2D eigenvalue weighted by molar-refractivity contribution is 6.31. The smallest absolute Gasteiger partial charge is 0.358 e. The molecule has 0 bridgehead atoms. The molecule has 1 aromatic heterocycles. The standard InChI is InChI=1S/C16H9Cl2NO3/c17-10-3-1-9(2-4-10)14(20)8-13-16(21)22-15-6-5-11(18)7-12(15)19-13/h1-7H,8H2. The van der Waals surface area contributed by atoms with Gasteiger partial charge in [-0.05, 0) is 42.5 Å². The highest BCUT2D eigenvalue weighted by atomic mass is 35.5. The minimum atomic E-state index is -0.628. The Hall–Kier alpha value is -2.17. The van der Waals surface area contributed by atoms with Gasteiger partial charge in [0.2, 0.25) is 0 Å². The van der Waals surface area contributed by atoms with Gasteiger partial charge in [0.05, 0.1) is 6.42 Å². The van der Waals surface area contributed by atoms with E-state index in [4.69, 9.17) is 27.6 Å². The molecule has 0 aliphatic rings. The molecule has 0 aliphatic carbocycles. The van der Waals surface area contributed by atoms with Gasteiger partial charge in [-0.25, -0.2) is 9.78 Å². The summed E-state index contributed by atoms with van der Waals surface area (Å²) in [5.41, 5.74) is 0.645. The second kappa shape index (κ2) is 5.91. The van der Waals surface area contributed by atoms with E-state index in [1.165, 1.54) is 0 Å². The van der Waals surface area contributed by atoms with Gasteiger partial charge in [-0.1, -0.05) is 23.2 Å². The molecule has 3 aromatic rings. The molecule has 0 N–H and O–H groups in total. The topological polar surface area (TPSA) is 60.2 Å². The maximum absolute atomic E-state index is 12.2. The van der Waals surface area contributed by atoms with Crippen LogP contribution in [0.25, 0.3) is 11.1 Å². The van der Waals surface area contributed by atoms with Gasteiger partial charge in [-0.2, -0.15) is 0 Å². The third-order valence-electron chi connectivity index (χ3n) is 3.11. The monoisotopic (exact) mass is 333 g/mol. The van der Waals surface area contributed by atoms with Crippen LogP contribution in [0.5, 0.6) is 0 Å². The van der Waals surface area contributed by atoms with Crippen LogP contribution in [0.4, 0.5) is 0 Å². The van der Waals surface area contributed by atoms with Crippen molar-refractivity contribution in [3.8, 4) is 0 Å². The lowest BCUT2D eigenvalue weighted by Crippen LogP contribution is -2.15. The van der Waals surface area contributed by atoms with Gasteiger partial charge in [0.25, 0.3) is 0 Å². The van der Waals surface area contributed by atoms with E-state index >= 15 is 0 Å². The van der Waals surface area contributed by atoms with Gasteiger partial charge in [0.15, 0.2) is 11.4 Å². The van der Waals surface area contributed by atoms with E-state index in [1.807, 2.05) is 0 Å². The first-order valence-corrected chi connectivity index (χ1v) is 7.16. The zero-order chi connectivity index (χ0) is 15.7. The van der Waals surface area contributed by atoms with Gasteiger partial charge in [-0.15, -0.1) is 0 Å². The van der Waals surface area contributed by atoms with Crippen LogP contribution in [0, 0.1) is 0 Å². The fourth-order valence-corrected chi connectivity index (χ4v) is 2.31. The summed E-state index contributed by atoms with van der Waals surface area (Å²) in [5.74, 6) is -0.238. The molecule has 0 aliphatic heterocycles. The Labute approximate surface area is 135 Å². The van der Waals surface area contributed by atoms with Crippen LogP contribution < -0.4 is 5.63 Å². The van der Waals surface area contributed by atoms with Gasteiger partial charge in [0, 0.05) is 15.6 Å². The molecule has 0 atom stereocenters. The zero-order valence-corrected chi connectivity index (χ0v) is 12.7. The summed E-state index contributed by atoms with van der Waals surface area (Å²) in [6, 6.07) is 11.2. The molecule has 3 rings (SSSR count). The number of nitrogens with zero attached hydrogens (tertiary/aromatic N) is 1. The Balaban J connectivity index is 1.96. The van der Waals surface area contributed by atoms with Crippen molar-refractivity contribution in [2.45, 2.75) is 6.42 Å². The van der Waals surface area contributed by atoms with Crippen molar-refractivity contribution in [3.63, 3.8) is 0 Å². The van der Waals surface area contributed by atoms with E-state index in [1.54, 1.807) is 42.5 Å². The highest BCUT2D eigenvalue weighted by Gasteiger charge is 2.14. The third-order valence-corrected chi connectivity index (χ3v) is 3.60. The molecule has 4 nitrogen and oxygen atoms in total. The van der Waals surface area contributed by atoms with Gasteiger partial charge >= 0.3 is 5.63 Å². The van der Waals surface area contributed by atoms with E-state index in [-0.39, 0.29) is 17.9 Å². The lowest BCUT2D eigenvalue weighted by molar-refractivity contribution is 0.0991. The second-order valence-electron chi connectivity index (χ2n) is 4.67. The minimum Gasteiger partial charge on any atom is -0.420 e. The Bertz CT molecular complexity index is 917. The van der Waals surface area contributed by atoms with E-state index in [9.17, 15) is 9.59 Å². The van der Waals surface area contributed by atoms with Crippen molar-refractivity contribution < 1.29 is 9.21 Å². The molecule has 0 radical (unpaired) electrons. The molecule has 0 spiro atoms. The van der Waals surface area contributed by atoms with Crippen molar-refractivity contribution >= 4 is 40.1 Å². The molecule has 0 fully saturated rings. The van der Waals surface area contributed by atoms with Gasteiger partial charge in [0.1, 0.15) is 11.2 Å². The van der Waals surface area contributed by atoms with Gasteiger partial charge < -0.3 is 4.42 Å². The lowest BCUT2D eigenvalue weighted by atomic mass is 10.1. The zero-order valence-electron chi connectivity index (χ0n) is 11.2. The molecule has 0 amide bonds. The summed E-state index contributed by atoms with van der Waals surface area (Å²) in [7, 11) is 0. The average Bonchev–Trinajstić information content (AvgIpc) is 2.49. The number of rotatable bonds is 3. The Morgan fingerprint density at radius 3 is 2.45 bits per heavy atom. The van der Waals surface area contributed by atoms with Crippen LogP contribution in [0.1, 0.15) is 16.1 Å². The predicted octanol–water partition coefficient (Wildman–Crippen LogP) is 3.92. The molecule has 1 heterocycles. The number of aromatic nitrogens is 1. The summed E-state index contributed by atoms with van der Waals surface area (Å²) >= 11 is 11.7. The molecular weight excluding hydrogens is 325 g/mol. The Morgan fingerprint density at radius 1 is 1.05 bits per heavy atom. The number of Topliss-reactive ketones (excluding diaryl/α,β-unsaturated/α-hetero) is 1. The molecular formula is C16H9Cl2NO3. The number of carbonyl (C=O) groups is 1. The van der Waals surface area contributed by atoms with Crippen LogP contribution in [-0.2, 0) is 6.42 Å². The number of ketones is 1. The number of hydrogen-bond acceptors (Lipinski definition) is 4. The summed E-state index contributed by atoms with van der Waals surface area (Å²) in [4.78, 5) is 28.3. The third kappa shape index (κ3) is 3.03. The lowest BCUT2D eigenvalue weighted by Gasteiger charge is -2.02. The van der Waals surface area contributed by atoms with E-state index in [0.717, 1.165) is 0 Å². The first-order chi connectivity index (χ1) is 10.5. The van der Waals surface area contributed by atoms with Crippen molar-refractivity contribution in [2.75, 3.05) is 0 Å². The summed E-state index contributed by atoms with van der Waals surface area (Å²) in [5, 5.41) is 1.01. The molecule has 0 unspecified atom stereocenters. The van der Waals surface area contributed by atoms with Crippen LogP contribution in [0.2, 0.25) is 10.0 Å². The summed E-state index contributed by atoms with van der Waals surface area (Å²) < 4.78 is 5.15. The first kappa shape index (κ1) is 14.8. The summed E-state index contributed by atoms with van der Waals surface area (Å²) in [6.45, 7) is 0. The molecule has 110 valence electrons. The van der Waals surface area contributed by atoms with Crippen molar-refractivity contribution in [2.24, 2.45) is 0 Å². The number of fused-ring (bicyclic) bond motifs is 1. The Kier molecular flexibility index (Phi) is 3.96. The second-order valence-corrected chi connectivity index (χ2v) is 5.54. The van der Waals surface area contributed by atoms with Crippen LogP contribution in [0.15, 0.2) is 51.7 Å². The molecule has 6 heteroatoms. The molecule has 22 heavy (non-hydrogen) atoms. The molecule has 2 aromatic carbocycles. The predicted molar refractivity (Wildman–Crippen MR) is 84.8 cm³/mol. The van der Waals surface area contributed by atoms with Crippen LogP contribution >= 0.6 is 23.2 Å². The SMILES string of the molecule is O=C(Cc1nc2cc(Cl)ccc2oc1=O)c1ccc(Cl)cc1. The van der Waals surface area contributed by atoms with Crippen molar-refractivity contribution in [1.82, 2.24) is 4.98 Å². The first-order valence-electron chi connectivity index (χ1n) is 6.41. The summed E-state index contributed by atoms with van der Waals surface area (Å²) in [6.07, 6.45) is -0.146. The number of benzene rings is 2. The van der Waals surface area contributed by atoms with E-state index < -0.39 is 5.63 Å². The number of halogens is 2. The van der Waals surface area contributed by atoms with Gasteiger partial charge in [-0.3, -0.25) is 4.79 Å². The highest BCUT2D eigenvalue weighted by Crippen LogP contribution is 2.17. The maximum Gasteiger partial charge on any atom is 0.358 e. The fourth-order valence-electron chi connectivity index (χ4n) is 2.02. The normalized spacial score (nSPS) is 10.8. The number of hydrogen-bond donors (Lipinski definition) is 0. The largest absolute Gasteiger partial charge is 0.420 e. The molecule has 0 saturated carbocycles. The molecule has 0 saturated heterocycles. The minimum absolute atomic E-state index is 0.0507. The van der Waals surface area contributed by atoms with Crippen LogP contribution in [0.3, 0.4) is 0 Å². The average molecular weight is 334 g/mol. The number of carbonyl (C=O) groups excluding carboxylic acids is 1.